The van der Waals surface area contributed by atoms with Crippen LogP contribution in [0.15, 0.2) is 11.4 Å². The van der Waals surface area contributed by atoms with E-state index in [1.165, 1.54) is 70.3 Å². The number of pyridine rings is 1. The van der Waals surface area contributed by atoms with E-state index in [-0.39, 0.29) is 0 Å². The fourth-order valence-electron chi connectivity index (χ4n) is 3.80. The van der Waals surface area contributed by atoms with Crippen molar-refractivity contribution < 1.29 is 0 Å². The summed E-state index contributed by atoms with van der Waals surface area (Å²) in [5.74, 6) is 1.85. The van der Waals surface area contributed by atoms with Crippen molar-refractivity contribution >= 4 is 43.5 Å². The van der Waals surface area contributed by atoms with Gasteiger partial charge in [-0.3, -0.25) is 0 Å². The van der Waals surface area contributed by atoms with Gasteiger partial charge < -0.3 is 0 Å². The molecule has 3 aromatic rings. The van der Waals surface area contributed by atoms with Gasteiger partial charge in [0.1, 0.15) is 16.2 Å². The lowest BCUT2D eigenvalue weighted by molar-refractivity contribution is 0.632. The minimum atomic E-state index is 0.730. The predicted molar refractivity (Wildman–Crippen MR) is 114 cm³/mol. The van der Waals surface area contributed by atoms with E-state index in [0.717, 1.165) is 28.6 Å². The van der Waals surface area contributed by atoms with Crippen LogP contribution < -0.4 is 0 Å². The van der Waals surface area contributed by atoms with Gasteiger partial charge in [-0.2, -0.15) is 0 Å². The van der Waals surface area contributed by atoms with E-state index >= 15 is 0 Å². The van der Waals surface area contributed by atoms with Gasteiger partial charge in [0.05, 0.1) is 10.2 Å². The quantitative estimate of drug-likeness (QED) is 0.358. The van der Waals surface area contributed by atoms with Gasteiger partial charge in [0.15, 0.2) is 0 Å². The third kappa shape index (κ3) is 3.36. The van der Waals surface area contributed by atoms with Gasteiger partial charge in [-0.1, -0.05) is 27.2 Å². The Morgan fingerprint density at radius 2 is 2.04 bits per heavy atom. The van der Waals surface area contributed by atoms with Crippen LogP contribution in [0.2, 0.25) is 0 Å². The number of hydrogen-bond acceptors (Lipinski definition) is 5. The molecule has 0 bridgehead atoms. The van der Waals surface area contributed by atoms with Gasteiger partial charge in [0.25, 0.3) is 0 Å². The van der Waals surface area contributed by atoms with E-state index in [9.17, 15) is 0 Å². The molecular weight excluding hydrogens is 358 g/mol. The van der Waals surface area contributed by atoms with Gasteiger partial charge in [-0.05, 0) is 61.3 Å². The molecule has 3 nitrogen and oxygen atoms in total. The molecule has 3 aromatic heterocycles. The molecular formula is C21H27N3S2. The average Bonchev–Trinajstić information content (AvgIpc) is 3.23. The Balaban J connectivity index is 1.81. The molecule has 0 fully saturated rings. The summed E-state index contributed by atoms with van der Waals surface area (Å²) < 4.78 is 1.24. The molecule has 0 aromatic carbocycles. The average molecular weight is 386 g/mol. The van der Waals surface area contributed by atoms with Gasteiger partial charge in [-0.15, -0.1) is 23.1 Å². The molecule has 1 aliphatic carbocycles. The Morgan fingerprint density at radius 3 is 2.85 bits per heavy atom. The third-order valence-corrected chi connectivity index (χ3v) is 7.46. The maximum absolute atomic E-state index is 5.11. The number of unbranched alkanes of at least 4 members (excludes halogenated alkanes) is 1. The number of nitrogens with zero attached hydrogens (tertiary/aromatic N) is 3. The van der Waals surface area contributed by atoms with Crippen LogP contribution in [0.4, 0.5) is 0 Å². The molecule has 0 amide bonds. The zero-order valence-corrected chi connectivity index (χ0v) is 17.6. The van der Waals surface area contributed by atoms with Crippen molar-refractivity contribution in [2.75, 3.05) is 5.75 Å². The maximum atomic E-state index is 5.11. The largest absolute Gasteiger partial charge is 0.242 e. The topological polar surface area (TPSA) is 38.7 Å². The van der Waals surface area contributed by atoms with Gasteiger partial charge in [-0.25, -0.2) is 15.0 Å². The van der Waals surface area contributed by atoms with E-state index in [4.69, 9.17) is 4.98 Å². The molecule has 4 rings (SSSR count). The second-order valence-electron chi connectivity index (χ2n) is 7.64. The summed E-state index contributed by atoms with van der Waals surface area (Å²) in [7, 11) is 0. The Morgan fingerprint density at radius 1 is 1.19 bits per heavy atom. The van der Waals surface area contributed by atoms with Crippen LogP contribution in [0.5, 0.6) is 0 Å². The summed E-state index contributed by atoms with van der Waals surface area (Å²) in [6.45, 7) is 6.82. The van der Waals surface area contributed by atoms with Crippen LogP contribution >= 0.6 is 23.1 Å². The van der Waals surface area contributed by atoms with Crippen LogP contribution in [0, 0.1) is 5.92 Å². The van der Waals surface area contributed by atoms with Crippen molar-refractivity contribution in [3.8, 4) is 0 Å². The minimum Gasteiger partial charge on any atom is -0.242 e. The van der Waals surface area contributed by atoms with Crippen molar-refractivity contribution in [2.45, 2.75) is 70.7 Å². The zero-order valence-electron chi connectivity index (χ0n) is 16.0. The first-order valence-electron chi connectivity index (χ1n) is 9.89. The van der Waals surface area contributed by atoms with E-state index in [2.05, 4.69) is 30.7 Å². The molecule has 0 saturated heterocycles. The number of rotatable bonds is 7. The fourth-order valence-corrected chi connectivity index (χ4v) is 6.30. The second-order valence-corrected chi connectivity index (χ2v) is 9.73. The first-order valence-corrected chi connectivity index (χ1v) is 11.7. The predicted octanol–water partition coefficient (Wildman–Crippen LogP) is 6.21. The van der Waals surface area contributed by atoms with Gasteiger partial charge >= 0.3 is 0 Å². The molecule has 0 spiro atoms. The summed E-state index contributed by atoms with van der Waals surface area (Å²) in [5, 5.41) is 2.46. The van der Waals surface area contributed by atoms with E-state index < -0.39 is 0 Å². The second kappa shape index (κ2) is 7.81. The number of thioether (sulfide) groups is 1. The lowest BCUT2D eigenvalue weighted by Gasteiger charge is -2.08. The molecule has 138 valence electrons. The summed E-state index contributed by atoms with van der Waals surface area (Å²) in [6.07, 6.45) is 10.2. The molecule has 0 saturated carbocycles. The third-order valence-electron chi connectivity index (χ3n) is 5.23. The molecule has 0 unspecified atom stereocenters. The van der Waals surface area contributed by atoms with E-state index in [1.807, 2.05) is 11.8 Å². The summed E-state index contributed by atoms with van der Waals surface area (Å²) in [6, 6.07) is 0. The van der Waals surface area contributed by atoms with Gasteiger partial charge in [0.2, 0.25) is 0 Å². The Hall–Kier alpha value is -1.20. The highest BCUT2D eigenvalue weighted by atomic mass is 32.2. The minimum absolute atomic E-state index is 0.730. The number of aromatic nitrogens is 3. The van der Waals surface area contributed by atoms with E-state index in [0.29, 0.717) is 0 Å². The van der Waals surface area contributed by atoms with Crippen molar-refractivity contribution in [3.63, 3.8) is 0 Å². The molecule has 3 heterocycles. The molecule has 0 atom stereocenters. The van der Waals surface area contributed by atoms with Crippen molar-refractivity contribution in [3.05, 3.63) is 23.1 Å². The molecule has 0 N–H and O–H groups in total. The number of fused-ring (bicyclic) bond motifs is 5. The first kappa shape index (κ1) is 18.2. The fraction of sp³-hybridized carbons (Fsp3) is 0.571. The zero-order chi connectivity index (χ0) is 18.1. The highest BCUT2D eigenvalue weighted by Gasteiger charge is 2.24. The lowest BCUT2D eigenvalue weighted by Crippen LogP contribution is -1.98. The summed E-state index contributed by atoms with van der Waals surface area (Å²) in [5.41, 5.74) is 5.54. The van der Waals surface area contributed by atoms with E-state index in [1.54, 1.807) is 17.7 Å². The number of aryl methyl sites for hydroxylation is 2. The summed E-state index contributed by atoms with van der Waals surface area (Å²) in [4.78, 5) is 15.6. The Kier molecular flexibility index (Phi) is 5.46. The molecule has 0 aliphatic heterocycles. The van der Waals surface area contributed by atoms with Crippen LogP contribution in [-0.4, -0.2) is 20.7 Å². The van der Waals surface area contributed by atoms with Crippen molar-refractivity contribution in [1.29, 1.82) is 0 Å². The van der Waals surface area contributed by atoms with Crippen LogP contribution in [0.3, 0.4) is 0 Å². The number of hydrogen-bond donors (Lipinski definition) is 0. The van der Waals surface area contributed by atoms with Crippen molar-refractivity contribution in [2.24, 2.45) is 5.92 Å². The van der Waals surface area contributed by atoms with Crippen molar-refractivity contribution in [1.82, 2.24) is 15.0 Å². The molecule has 0 radical (unpaired) electrons. The molecule has 5 heteroatoms. The van der Waals surface area contributed by atoms with Gasteiger partial charge in [0, 0.05) is 11.1 Å². The first-order chi connectivity index (χ1) is 12.7. The van der Waals surface area contributed by atoms with Crippen LogP contribution in [0.25, 0.3) is 20.4 Å². The number of thiophene rings is 1. The smallest absolute Gasteiger partial charge is 0.126 e. The molecule has 26 heavy (non-hydrogen) atoms. The highest BCUT2D eigenvalue weighted by molar-refractivity contribution is 7.99. The maximum Gasteiger partial charge on any atom is 0.126 e. The van der Waals surface area contributed by atoms with Crippen LogP contribution in [0.1, 0.15) is 63.3 Å². The standard InChI is InChI=1S/C21H27N3S2/c1-4-5-9-16-14-7-6-8-15(14)17-18-19(26-20(17)24-16)21(23-12-22-18)25-11-10-13(2)3/h12-13H,4-11H2,1-3H3. The monoisotopic (exact) mass is 385 g/mol. The van der Waals surface area contributed by atoms with Crippen LogP contribution in [-0.2, 0) is 19.3 Å². The lowest BCUT2D eigenvalue weighted by atomic mass is 10.0. The Labute approximate surface area is 164 Å². The highest BCUT2D eigenvalue weighted by Crippen LogP contribution is 2.42. The molecule has 1 aliphatic rings. The normalized spacial score (nSPS) is 14.0. The Bertz CT molecular complexity index is 930. The summed E-state index contributed by atoms with van der Waals surface area (Å²) >= 11 is 3.68. The SMILES string of the molecule is CCCCc1nc2sc3c(SCCC(C)C)ncnc3c2c2c1CCC2.